The van der Waals surface area contributed by atoms with Crippen LogP contribution in [0.4, 0.5) is 5.82 Å². The van der Waals surface area contributed by atoms with Gasteiger partial charge in [0.25, 0.3) is 5.91 Å². The van der Waals surface area contributed by atoms with Crippen molar-refractivity contribution in [2.45, 2.75) is 46.5 Å². The van der Waals surface area contributed by atoms with Gasteiger partial charge in [0.1, 0.15) is 18.1 Å². The molecule has 0 fully saturated rings. The fourth-order valence-electron chi connectivity index (χ4n) is 3.53. The molecule has 0 bridgehead atoms. The summed E-state index contributed by atoms with van der Waals surface area (Å²) in [6.07, 6.45) is 3.19. The molecule has 0 spiro atoms. The normalized spacial score (nSPS) is 11.6. The molecule has 1 atom stereocenters. The minimum Gasteiger partial charge on any atom is -0.463 e. The Morgan fingerprint density at radius 1 is 1.05 bits per heavy atom. The monoisotopic (exact) mass is 546 g/mol. The van der Waals surface area contributed by atoms with E-state index in [1.807, 2.05) is 13.8 Å². The third-order valence-corrected chi connectivity index (χ3v) is 5.68. The summed E-state index contributed by atoms with van der Waals surface area (Å²) in [6.45, 7) is 6.25. The third kappa shape index (κ3) is 7.96. The Bertz CT molecular complexity index is 1290. The summed E-state index contributed by atoms with van der Waals surface area (Å²) in [5.41, 5.74) is 2.12. The maximum Gasteiger partial charge on any atom is 0.304 e. The molecule has 2 N–H and O–H groups in total. The number of rotatable bonds is 10. The molecule has 1 aromatic carbocycles. The van der Waals surface area contributed by atoms with Crippen molar-refractivity contribution < 1.29 is 23.9 Å². The molecule has 9 nitrogen and oxygen atoms in total. The van der Waals surface area contributed by atoms with Gasteiger partial charge in [0.05, 0.1) is 11.1 Å². The van der Waals surface area contributed by atoms with Gasteiger partial charge in [-0.15, -0.1) is 0 Å². The second-order valence-corrected chi connectivity index (χ2v) is 9.42. The second-order valence-electron chi connectivity index (χ2n) is 8.58. The summed E-state index contributed by atoms with van der Waals surface area (Å²) in [7, 11) is 0. The Morgan fingerprint density at radius 2 is 1.78 bits per heavy atom. The molecule has 0 radical (unpaired) electrons. The highest BCUT2D eigenvalue weighted by molar-refractivity contribution is 6.33. The van der Waals surface area contributed by atoms with Gasteiger partial charge >= 0.3 is 11.9 Å². The number of halogens is 2. The van der Waals surface area contributed by atoms with Crippen LogP contribution in [-0.2, 0) is 25.8 Å². The van der Waals surface area contributed by atoms with Crippen LogP contribution >= 0.6 is 23.2 Å². The molecule has 3 aromatic rings. The van der Waals surface area contributed by atoms with Crippen molar-refractivity contribution in [2.24, 2.45) is 0 Å². The standard InChI is InChI=1S/C26H28Cl2N4O5/c1-15(2)30-25-10-21(22(28)11-29-25)19-9-24(32(12-19)14-37-17(4)34)26(35)31-23(13-36-16(3)33)18-6-5-7-20(27)8-18/h5-12,15,23H,13-14H2,1-4H3,(H,29,30)(H,31,35)/t23-/m1/s1. The molecule has 1 amide bonds. The van der Waals surface area contributed by atoms with Gasteiger partial charge in [-0.3, -0.25) is 14.4 Å². The molecule has 0 aliphatic heterocycles. The van der Waals surface area contributed by atoms with Gasteiger partial charge < -0.3 is 24.7 Å². The number of hydrogen-bond acceptors (Lipinski definition) is 7. The first-order valence-electron chi connectivity index (χ1n) is 11.5. The number of anilines is 1. The lowest BCUT2D eigenvalue weighted by Crippen LogP contribution is -2.33. The number of benzene rings is 1. The zero-order chi connectivity index (χ0) is 27.1. The van der Waals surface area contributed by atoms with Crippen LogP contribution < -0.4 is 10.6 Å². The van der Waals surface area contributed by atoms with E-state index < -0.39 is 23.9 Å². The number of nitrogens with one attached hydrogen (secondary N) is 2. The quantitative estimate of drug-likeness (QED) is 0.334. The van der Waals surface area contributed by atoms with Crippen molar-refractivity contribution in [3.05, 3.63) is 70.1 Å². The molecular weight excluding hydrogens is 519 g/mol. The summed E-state index contributed by atoms with van der Waals surface area (Å²) in [5.74, 6) is -0.852. The lowest BCUT2D eigenvalue weighted by molar-refractivity contribution is -0.144. The SMILES string of the molecule is CC(=O)OC[C@@H](NC(=O)c1cc(-c2cc(NC(C)C)ncc2Cl)cn1COC(C)=O)c1cccc(Cl)c1. The van der Waals surface area contributed by atoms with E-state index in [1.165, 1.54) is 24.6 Å². The van der Waals surface area contributed by atoms with E-state index in [9.17, 15) is 14.4 Å². The van der Waals surface area contributed by atoms with Gasteiger partial charge in [0.2, 0.25) is 0 Å². The molecule has 0 aliphatic rings. The third-order valence-electron chi connectivity index (χ3n) is 5.15. The van der Waals surface area contributed by atoms with Gasteiger partial charge in [0, 0.05) is 48.4 Å². The molecule has 37 heavy (non-hydrogen) atoms. The van der Waals surface area contributed by atoms with E-state index in [2.05, 4.69) is 15.6 Å². The van der Waals surface area contributed by atoms with Crippen LogP contribution in [0.3, 0.4) is 0 Å². The predicted octanol–water partition coefficient (Wildman–Crippen LogP) is 5.23. The molecule has 196 valence electrons. The van der Waals surface area contributed by atoms with Crippen molar-refractivity contribution in [3.8, 4) is 11.1 Å². The first kappa shape index (κ1) is 28.0. The highest BCUT2D eigenvalue weighted by Crippen LogP contribution is 2.31. The fraction of sp³-hybridized carbons (Fsp3) is 0.308. The minimum absolute atomic E-state index is 0.0979. The van der Waals surface area contributed by atoms with E-state index >= 15 is 0 Å². The van der Waals surface area contributed by atoms with Crippen LogP contribution in [-0.4, -0.2) is 40.0 Å². The maximum absolute atomic E-state index is 13.5. The Balaban J connectivity index is 1.98. The predicted molar refractivity (Wildman–Crippen MR) is 141 cm³/mol. The van der Waals surface area contributed by atoms with Gasteiger partial charge in [-0.05, 0) is 43.7 Å². The van der Waals surface area contributed by atoms with Crippen LogP contribution in [0.15, 0.2) is 48.8 Å². The molecular formula is C26H28Cl2N4O5. The summed E-state index contributed by atoms with van der Waals surface area (Å²) in [5, 5.41) is 6.96. The number of aromatic nitrogens is 2. The average molecular weight is 547 g/mol. The van der Waals surface area contributed by atoms with Gasteiger partial charge in [-0.2, -0.15) is 0 Å². The van der Waals surface area contributed by atoms with Crippen LogP contribution in [0.25, 0.3) is 11.1 Å². The average Bonchev–Trinajstić information content (AvgIpc) is 3.25. The number of nitrogens with zero attached hydrogens (tertiary/aromatic N) is 2. The molecule has 2 aromatic heterocycles. The number of ether oxygens (including phenoxy) is 2. The van der Waals surface area contributed by atoms with Crippen molar-refractivity contribution in [1.82, 2.24) is 14.9 Å². The number of esters is 2. The van der Waals surface area contributed by atoms with Gasteiger partial charge in [-0.25, -0.2) is 4.98 Å². The van der Waals surface area contributed by atoms with E-state index in [0.29, 0.717) is 32.6 Å². The number of carbonyl (C=O) groups is 3. The highest BCUT2D eigenvalue weighted by atomic mass is 35.5. The highest BCUT2D eigenvalue weighted by Gasteiger charge is 2.22. The number of amides is 1. The lowest BCUT2D eigenvalue weighted by atomic mass is 10.1. The Kier molecular flexibility index (Phi) is 9.54. The van der Waals surface area contributed by atoms with Crippen LogP contribution in [0.5, 0.6) is 0 Å². The Morgan fingerprint density at radius 3 is 2.43 bits per heavy atom. The van der Waals surface area contributed by atoms with E-state index in [-0.39, 0.29) is 25.1 Å². The Labute approximate surface area is 225 Å². The smallest absolute Gasteiger partial charge is 0.304 e. The van der Waals surface area contributed by atoms with Crippen LogP contribution in [0, 0.1) is 0 Å². The number of pyridine rings is 1. The van der Waals surface area contributed by atoms with Gasteiger partial charge in [-0.1, -0.05) is 35.3 Å². The van der Waals surface area contributed by atoms with Crippen LogP contribution in [0.2, 0.25) is 10.0 Å². The molecule has 0 aliphatic carbocycles. The molecule has 0 saturated heterocycles. The van der Waals surface area contributed by atoms with E-state index in [0.717, 1.165) is 0 Å². The van der Waals surface area contributed by atoms with Crippen molar-refractivity contribution in [3.63, 3.8) is 0 Å². The zero-order valence-electron chi connectivity index (χ0n) is 20.9. The van der Waals surface area contributed by atoms with E-state index in [4.69, 9.17) is 32.7 Å². The molecule has 3 rings (SSSR count). The summed E-state index contributed by atoms with van der Waals surface area (Å²) in [6, 6.07) is 9.78. The number of carbonyl (C=O) groups excluding carboxylic acids is 3. The minimum atomic E-state index is -0.679. The first-order chi connectivity index (χ1) is 17.5. The topological polar surface area (TPSA) is 112 Å². The van der Waals surface area contributed by atoms with Crippen LogP contribution in [0.1, 0.15) is 49.8 Å². The zero-order valence-corrected chi connectivity index (χ0v) is 22.4. The molecule has 0 unspecified atom stereocenters. The van der Waals surface area contributed by atoms with Crippen molar-refractivity contribution in [2.75, 3.05) is 11.9 Å². The van der Waals surface area contributed by atoms with Crippen molar-refractivity contribution in [1.29, 1.82) is 0 Å². The summed E-state index contributed by atoms with van der Waals surface area (Å²) in [4.78, 5) is 40.7. The number of hydrogen-bond donors (Lipinski definition) is 2. The summed E-state index contributed by atoms with van der Waals surface area (Å²) >= 11 is 12.6. The molecule has 0 saturated carbocycles. The molecule has 11 heteroatoms. The van der Waals surface area contributed by atoms with Gasteiger partial charge in [0.15, 0.2) is 6.73 Å². The first-order valence-corrected chi connectivity index (χ1v) is 12.2. The van der Waals surface area contributed by atoms with Crippen molar-refractivity contribution >= 4 is 46.9 Å². The van der Waals surface area contributed by atoms with E-state index in [1.54, 1.807) is 42.6 Å². The Hall–Kier alpha value is -3.56. The summed E-state index contributed by atoms with van der Waals surface area (Å²) < 4.78 is 11.8. The fourth-order valence-corrected chi connectivity index (χ4v) is 3.94. The largest absolute Gasteiger partial charge is 0.463 e. The second kappa shape index (κ2) is 12.6. The lowest BCUT2D eigenvalue weighted by Gasteiger charge is -2.20. The molecule has 2 heterocycles. The maximum atomic E-state index is 13.5.